The quantitative estimate of drug-likeness (QED) is 0.765. The Morgan fingerprint density at radius 1 is 1.19 bits per heavy atom. The Bertz CT molecular complexity index is 897. The lowest BCUT2D eigenvalue weighted by atomic mass is 10.1. The van der Waals surface area contributed by atoms with Crippen LogP contribution in [-0.4, -0.2) is 34.0 Å². The lowest BCUT2D eigenvalue weighted by Crippen LogP contribution is -2.26. The Hall–Kier alpha value is -2.29. The molecule has 140 valence electrons. The van der Waals surface area contributed by atoms with Gasteiger partial charge in [-0.3, -0.25) is 0 Å². The van der Waals surface area contributed by atoms with Gasteiger partial charge in [-0.25, -0.2) is 13.1 Å². The third-order valence-corrected chi connectivity index (χ3v) is 5.58. The van der Waals surface area contributed by atoms with Gasteiger partial charge in [0, 0.05) is 6.54 Å². The van der Waals surface area contributed by atoms with Gasteiger partial charge in [-0.15, -0.1) is 0 Å². The fourth-order valence-corrected chi connectivity index (χ4v) is 3.99. The molecule has 1 aliphatic rings. The van der Waals surface area contributed by atoms with Gasteiger partial charge >= 0.3 is 0 Å². The minimum Gasteiger partial charge on any atom is -0.495 e. The lowest BCUT2D eigenvalue weighted by molar-refractivity contribution is 0.166. The molecular formula is C18H21NO6S. The molecule has 0 fully saturated rings. The standard InChI is InChI=1S/C18H21NO6S/c1-12-3-5-16(23-2)18(9-12)26(21,22)19-8-7-14(20)13-4-6-15-17(10-13)25-11-24-15/h3-6,9-10,14,19-20H,7-8,11H2,1-2H3. The van der Waals surface area contributed by atoms with Crippen LogP contribution in [0, 0.1) is 6.92 Å². The number of aliphatic hydroxyl groups excluding tert-OH is 1. The number of nitrogens with one attached hydrogen (secondary N) is 1. The van der Waals surface area contributed by atoms with Crippen molar-refractivity contribution in [3.63, 3.8) is 0 Å². The van der Waals surface area contributed by atoms with Gasteiger partial charge in [0.2, 0.25) is 16.8 Å². The van der Waals surface area contributed by atoms with Crippen LogP contribution in [-0.2, 0) is 10.0 Å². The van der Waals surface area contributed by atoms with Crippen molar-refractivity contribution < 1.29 is 27.7 Å². The third-order valence-electron chi connectivity index (χ3n) is 4.10. The first-order valence-electron chi connectivity index (χ1n) is 8.12. The van der Waals surface area contributed by atoms with Crippen molar-refractivity contribution in [1.82, 2.24) is 4.72 Å². The smallest absolute Gasteiger partial charge is 0.244 e. The molecule has 0 amide bonds. The first-order chi connectivity index (χ1) is 12.4. The zero-order valence-corrected chi connectivity index (χ0v) is 15.4. The number of sulfonamides is 1. The van der Waals surface area contributed by atoms with E-state index in [-0.39, 0.29) is 30.4 Å². The second kappa shape index (κ2) is 7.53. The lowest BCUT2D eigenvalue weighted by Gasteiger charge is -2.14. The number of ether oxygens (including phenoxy) is 3. The molecule has 0 saturated heterocycles. The van der Waals surface area contributed by atoms with E-state index >= 15 is 0 Å². The van der Waals surface area contributed by atoms with E-state index in [1.807, 2.05) is 6.92 Å². The summed E-state index contributed by atoms with van der Waals surface area (Å²) in [5.74, 6) is 1.49. The zero-order valence-electron chi connectivity index (χ0n) is 14.6. The summed E-state index contributed by atoms with van der Waals surface area (Å²) >= 11 is 0. The van der Waals surface area contributed by atoms with Crippen molar-refractivity contribution in [2.75, 3.05) is 20.4 Å². The molecule has 2 N–H and O–H groups in total. The van der Waals surface area contributed by atoms with Crippen molar-refractivity contribution in [1.29, 1.82) is 0 Å². The fourth-order valence-electron chi connectivity index (χ4n) is 2.69. The van der Waals surface area contributed by atoms with Gasteiger partial charge in [0.25, 0.3) is 0 Å². The maximum atomic E-state index is 12.5. The maximum Gasteiger partial charge on any atom is 0.244 e. The van der Waals surface area contributed by atoms with Crippen LogP contribution >= 0.6 is 0 Å². The van der Waals surface area contributed by atoms with E-state index < -0.39 is 16.1 Å². The predicted molar refractivity (Wildman–Crippen MR) is 95.1 cm³/mol. The van der Waals surface area contributed by atoms with E-state index in [0.717, 1.165) is 5.56 Å². The summed E-state index contributed by atoms with van der Waals surface area (Å²) in [5.41, 5.74) is 1.45. The van der Waals surface area contributed by atoms with Crippen LogP contribution in [0.1, 0.15) is 23.7 Å². The Balaban J connectivity index is 1.64. The van der Waals surface area contributed by atoms with Crippen LogP contribution in [0.25, 0.3) is 0 Å². The van der Waals surface area contributed by atoms with E-state index in [1.54, 1.807) is 36.4 Å². The molecule has 0 aromatic heterocycles. The van der Waals surface area contributed by atoms with Crippen LogP contribution < -0.4 is 18.9 Å². The predicted octanol–water partition coefficient (Wildman–Crippen LogP) is 2.13. The number of hydrogen-bond donors (Lipinski definition) is 2. The van der Waals surface area contributed by atoms with E-state index in [0.29, 0.717) is 17.1 Å². The number of rotatable bonds is 7. The second-order valence-corrected chi connectivity index (χ2v) is 7.70. The Kier molecular flexibility index (Phi) is 5.36. The van der Waals surface area contributed by atoms with Crippen molar-refractivity contribution >= 4 is 10.0 Å². The van der Waals surface area contributed by atoms with Crippen molar-refractivity contribution in [2.24, 2.45) is 0 Å². The van der Waals surface area contributed by atoms with E-state index in [4.69, 9.17) is 14.2 Å². The molecule has 2 aromatic rings. The zero-order chi connectivity index (χ0) is 18.7. The second-order valence-electron chi connectivity index (χ2n) is 5.97. The van der Waals surface area contributed by atoms with Crippen LogP contribution in [0.3, 0.4) is 0 Å². The topological polar surface area (TPSA) is 94.1 Å². The molecule has 1 unspecified atom stereocenters. The number of benzene rings is 2. The SMILES string of the molecule is COc1ccc(C)cc1S(=O)(=O)NCCC(O)c1ccc2c(c1)OCO2. The molecule has 0 radical (unpaired) electrons. The van der Waals surface area contributed by atoms with E-state index in [1.165, 1.54) is 7.11 Å². The molecule has 1 aliphatic heterocycles. The van der Waals surface area contributed by atoms with Crippen LogP contribution in [0.2, 0.25) is 0 Å². The normalized spacial score (nSPS) is 14.3. The third kappa shape index (κ3) is 3.92. The fraction of sp³-hybridized carbons (Fsp3) is 0.333. The van der Waals surface area contributed by atoms with Crippen LogP contribution in [0.5, 0.6) is 17.2 Å². The molecule has 8 heteroatoms. The summed E-state index contributed by atoms with van der Waals surface area (Å²) in [4.78, 5) is 0.0811. The molecule has 0 bridgehead atoms. The van der Waals surface area contributed by atoms with E-state index in [2.05, 4.69) is 4.72 Å². The highest BCUT2D eigenvalue weighted by Gasteiger charge is 2.21. The summed E-state index contributed by atoms with van der Waals surface area (Å²) in [6.45, 7) is 2.05. The molecule has 7 nitrogen and oxygen atoms in total. The minimum absolute atomic E-state index is 0.0784. The van der Waals surface area contributed by atoms with E-state index in [9.17, 15) is 13.5 Å². The van der Waals surface area contributed by atoms with Gasteiger partial charge in [-0.1, -0.05) is 12.1 Å². The number of methoxy groups -OCH3 is 1. The first-order valence-corrected chi connectivity index (χ1v) is 9.61. The molecule has 2 aromatic carbocycles. The monoisotopic (exact) mass is 379 g/mol. The minimum atomic E-state index is -3.74. The van der Waals surface area contributed by atoms with Gasteiger partial charge in [0.1, 0.15) is 10.6 Å². The number of hydrogen-bond acceptors (Lipinski definition) is 6. The molecule has 0 saturated carbocycles. The molecule has 0 aliphatic carbocycles. The molecule has 1 atom stereocenters. The average Bonchev–Trinajstić information content (AvgIpc) is 3.09. The summed E-state index contributed by atoms with van der Waals surface area (Å²) in [6.07, 6.45) is -0.612. The first kappa shape index (κ1) is 18.5. The van der Waals surface area contributed by atoms with Crippen molar-refractivity contribution in [3.8, 4) is 17.2 Å². The summed E-state index contributed by atoms with van der Waals surface area (Å²) in [5, 5.41) is 10.3. The largest absolute Gasteiger partial charge is 0.495 e. The van der Waals surface area contributed by atoms with Gasteiger partial charge in [-0.05, 0) is 48.7 Å². The maximum absolute atomic E-state index is 12.5. The molecular weight excluding hydrogens is 358 g/mol. The highest BCUT2D eigenvalue weighted by Crippen LogP contribution is 2.34. The molecule has 26 heavy (non-hydrogen) atoms. The van der Waals surface area contributed by atoms with Gasteiger partial charge in [-0.2, -0.15) is 0 Å². The Labute approximate surface area is 152 Å². The van der Waals surface area contributed by atoms with Gasteiger partial charge < -0.3 is 19.3 Å². The average molecular weight is 379 g/mol. The summed E-state index contributed by atoms with van der Waals surface area (Å²) in [6, 6.07) is 10.1. The summed E-state index contributed by atoms with van der Waals surface area (Å²) < 4.78 is 43.2. The summed E-state index contributed by atoms with van der Waals surface area (Å²) in [7, 11) is -2.32. The van der Waals surface area contributed by atoms with Gasteiger partial charge in [0.15, 0.2) is 11.5 Å². The number of aryl methyl sites for hydroxylation is 1. The highest BCUT2D eigenvalue weighted by atomic mass is 32.2. The number of fused-ring (bicyclic) bond motifs is 1. The molecule has 3 rings (SSSR count). The van der Waals surface area contributed by atoms with Crippen LogP contribution in [0.4, 0.5) is 0 Å². The Morgan fingerprint density at radius 2 is 1.96 bits per heavy atom. The van der Waals surface area contributed by atoms with Gasteiger partial charge in [0.05, 0.1) is 13.2 Å². The molecule has 1 heterocycles. The van der Waals surface area contributed by atoms with Crippen molar-refractivity contribution in [3.05, 3.63) is 47.5 Å². The highest BCUT2D eigenvalue weighted by molar-refractivity contribution is 7.89. The van der Waals surface area contributed by atoms with Crippen LogP contribution in [0.15, 0.2) is 41.3 Å². The van der Waals surface area contributed by atoms with Crippen molar-refractivity contribution in [2.45, 2.75) is 24.3 Å². The number of aliphatic hydroxyl groups is 1. The Morgan fingerprint density at radius 3 is 2.73 bits per heavy atom. The molecule has 0 spiro atoms.